The number of piperidine rings is 2. The third kappa shape index (κ3) is 10.7. The number of aromatic nitrogens is 3. The van der Waals surface area contributed by atoms with Gasteiger partial charge in [-0.2, -0.15) is 0 Å². The van der Waals surface area contributed by atoms with Crippen LogP contribution in [0.5, 0.6) is 0 Å². The number of carbonyl (C=O) groups is 4. The molecule has 2 aromatic heterocycles. The fourth-order valence-electron chi connectivity index (χ4n) is 10.3. The number of likely N-dealkylation sites (tertiary alicyclic amines) is 1. The first-order valence-corrected chi connectivity index (χ1v) is 24.9. The lowest BCUT2D eigenvalue weighted by atomic mass is 10.0. The number of nitrogens with one attached hydrogen (secondary N) is 1. The summed E-state index contributed by atoms with van der Waals surface area (Å²) in [7, 11) is 0. The number of nitrogens with zero attached hydrogens (tertiary/aromatic N) is 8. The summed E-state index contributed by atoms with van der Waals surface area (Å²) in [6.45, 7) is 16.6. The Morgan fingerprint density at radius 1 is 0.750 bits per heavy atom. The van der Waals surface area contributed by atoms with Crippen LogP contribution in [0.2, 0.25) is 0 Å². The van der Waals surface area contributed by atoms with Crippen LogP contribution in [0.15, 0.2) is 98.3 Å². The number of pyridine rings is 1. The molecule has 362 valence electrons. The molecule has 5 aliphatic heterocycles. The minimum Gasteiger partial charge on any atom is -0.332 e. The van der Waals surface area contributed by atoms with Gasteiger partial charge in [-0.25, -0.2) is 9.97 Å². The lowest BCUT2D eigenvalue weighted by molar-refractivity contribution is -0.136. The molecule has 72 heavy (non-hydrogen) atoms. The molecule has 4 amide bonds. The van der Waals surface area contributed by atoms with Gasteiger partial charge in [0, 0.05) is 111 Å². The van der Waals surface area contributed by atoms with E-state index in [2.05, 4.69) is 103 Å². The summed E-state index contributed by atoms with van der Waals surface area (Å²) >= 11 is 0. The zero-order valence-electron chi connectivity index (χ0n) is 40.5. The van der Waals surface area contributed by atoms with Crippen LogP contribution in [0.25, 0.3) is 35.7 Å². The Kier molecular flexibility index (Phi) is 14.4. The van der Waals surface area contributed by atoms with Gasteiger partial charge in [-0.1, -0.05) is 85.4 Å². The standard InChI is InChI=1S/C59H57N9O4/c1-3-44-36-48(38-60-52(44)4-2)56-61-37-47-24-31-67(40-53(47)62-56)58(71)46-20-18-43(19-21-46)17-16-42-14-12-41(13-15-42)8-6-27-65-32-34-66(35-33-65)49-25-29-64(30-26-49)28-7-10-45-9-5-11-50-51(45)39-68(59(50)72)54-22-23-55(69)63-57(54)70/h3-5,9,11-21,36-38,49,54H,1-2,22-35,39-40H2,(H,63,69,70)/b17-16+. The predicted molar refractivity (Wildman–Crippen MR) is 279 cm³/mol. The van der Waals surface area contributed by atoms with E-state index in [0.717, 1.165) is 115 Å². The highest BCUT2D eigenvalue weighted by atomic mass is 16.2. The molecular formula is C59H57N9O4. The number of rotatable bonds is 10. The number of piperazine rings is 1. The molecule has 0 radical (unpaired) electrons. The maximum atomic E-state index is 13.6. The lowest BCUT2D eigenvalue weighted by Crippen LogP contribution is -2.53. The van der Waals surface area contributed by atoms with Crippen molar-refractivity contribution in [2.75, 3.05) is 58.9 Å². The molecule has 13 heteroatoms. The molecule has 5 aliphatic rings. The van der Waals surface area contributed by atoms with E-state index in [9.17, 15) is 19.2 Å². The average Bonchev–Trinajstić information content (AvgIpc) is 3.76. The number of benzene rings is 3. The average molecular weight is 956 g/mol. The van der Waals surface area contributed by atoms with E-state index in [4.69, 9.17) is 4.98 Å². The van der Waals surface area contributed by atoms with Crippen LogP contribution in [0, 0.1) is 23.7 Å². The van der Waals surface area contributed by atoms with Gasteiger partial charge in [0.15, 0.2) is 5.82 Å². The molecular weight excluding hydrogens is 899 g/mol. The van der Waals surface area contributed by atoms with Crippen molar-refractivity contribution in [2.45, 2.75) is 57.3 Å². The second kappa shape index (κ2) is 21.7. The molecule has 1 atom stereocenters. The first kappa shape index (κ1) is 47.8. The van der Waals surface area contributed by atoms with E-state index in [1.54, 1.807) is 29.3 Å². The van der Waals surface area contributed by atoms with Crippen LogP contribution >= 0.6 is 0 Å². The molecule has 0 spiro atoms. The van der Waals surface area contributed by atoms with Gasteiger partial charge in [0.2, 0.25) is 11.8 Å². The molecule has 0 aliphatic carbocycles. The van der Waals surface area contributed by atoms with Crippen molar-refractivity contribution in [3.63, 3.8) is 0 Å². The van der Waals surface area contributed by atoms with Crippen molar-refractivity contribution in [3.8, 4) is 35.1 Å². The molecule has 3 saturated heterocycles. The van der Waals surface area contributed by atoms with Crippen LogP contribution in [0.3, 0.4) is 0 Å². The van der Waals surface area contributed by atoms with Crippen molar-refractivity contribution < 1.29 is 19.2 Å². The van der Waals surface area contributed by atoms with Gasteiger partial charge in [-0.3, -0.25) is 44.2 Å². The maximum absolute atomic E-state index is 13.6. The first-order valence-electron chi connectivity index (χ1n) is 24.9. The van der Waals surface area contributed by atoms with E-state index in [0.29, 0.717) is 62.0 Å². The summed E-state index contributed by atoms with van der Waals surface area (Å²) in [6.07, 6.45) is 14.7. The largest absolute Gasteiger partial charge is 0.332 e. The van der Waals surface area contributed by atoms with Crippen molar-refractivity contribution >= 4 is 47.9 Å². The molecule has 3 aromatic carbocycles. The number of amides is 4. The zero-order valence-corrected chi connectivity index (χ0v) is 40.5. The minimum absolute atomic E-state index is 0.0202. The van der Waals surface area contributed by atoms with E-state index < -0.39 is 11.9 Å². The molecule has 1 N–H and O–H groups in total. The quantitative estimate of drug-likeness (QED) is 0.0948. The number of imide groups is 1. The van der Waals surface area contributed by atoms with Gasteiger partial charge < -0.3 is 9.80 Å². The maximum Gasteiger partial charge on any atom is 0.255 e. The number of fused-ring (bicyclic) bond motifs is 2. The van der Waals surface area contributed by atoms with Gasteiger partial charge in [0.25, 0.3) is 11.8 Å². The Labute approximate surface area is 421 Å². The third-order valence-electron chi connectivity index (χ3n) is 14.5. The van der Waals surface area contributed by atoms with Crippen molar-refractivity contribution in [2.24, 2.45) is 0 Å². The fraction of sp³-hybridized carbons (Fsp3) is 0.305. The summed E-state index contributed by atoms with van der Waals surface area (Å²) in [5.74, 6) is 13.1. The highest BCUT2D eigenvalue weighted by molar-refractivity contribution is 6.05. The van der Waals surface area contributed by atoms with Crippen molar-refractivity contribution in [3.05, 3.63) is 160 Å². The summed E-state index contributed by atoms with van der Waals surface area (Å²) in [4.78, 5) is 75.8. The monoisotopic (exact) mass is 955 g/mol. The first-order chi connectivity index (χ1) is 35.2. The van der Waals surface area contributed by atoms with Crippen LogP contribution in [-0.4, -0.2) is 134 Å². The van der Waals surface area contributed by atoms with Gasteiger partial charge in [-0.15, -0.1) is 0 Å². The molecule has 13 nitrogen and oxygen atoms in total. The number of hydrogen-bond donors (Lipinski definition) is 1. The van der Waals surface area contributed by atoms with Crippen LogP contribution < -0.4 is 5.32 Å². The van der Waals surface area contributed by atoms with Crippen LogP contribution in [0.4, 0.5) is 0 Å². The third-order valence-corrected chi connectivity index (χ3v) is 14.5. The van der Waals surface area contributed by atoms with Gasteiger partial charge in [0.05, 0.1) is 31.0 Å². The topological polar surface area (TPSA) is 135 Å². The molecule has 5 aromatic rings. The minimum atomic E-state index is -0.634. The molecule has 0 bridgehead atoms. The highest BCUT2D eigenvalue weighted by Crippen LogP contribution is 2.30. The second-order valence-corrected chi connectivity index (χ2v) is 19.0. The lowest BCUT2D eigenvalue weighted by Gasteiger charge is -2.42. The Bertz CT molecular complexity index is 3090. The number of carbonyl (C=O) groups excluding carboxylic acids is 4. The Morgan fingerprint density at radius 3 is 2.19 bits per heavy atom. The zero-order chi connectivity index (χ0) is 49.6. The molecule has 7 heterocycles. The predicted octanol–water partition coefficient (Wildman–Crippen LogP) is 6.44. The SMILES string of the molecule is C=Cc1cc(-c2ncc3c(n2)CN(C(=O)c2ccc(/C=C/c4ccc(C#CCN5CCN(C6CCN(CC#Cc7cccc8c7CN(C7CCC(=O)NC7=O)C8=O)CC6)CC5)cc4)cc2)CC3)cnc1C=C. The van der Waals surface area contributed by atoms with Crippen LogP contribution in [-0.2, 0) is 29.1 Å². The normalized spacial score (nSPS) is 18.7. The van der Waals surface area contributed by atoms with Gasteiger partial charge in [-0.05, 0) is 96.5 Å². The summed E-state index contributed by atoms with van der Waals surface area (Å²) in [5, 5.41) is 2.37. The van der Waals surface area contributed by atoms with Gasteiger partial charge >= 0.3 is 0 Å². The summed E-state index contributed by atoms with van der Waals surface area (Å²) < 4.78 is 0. The Hall–Kier alpha value is -7.81. The Balaban J connectivity index is 0.639. The van der Waals surface area contributed by atoms with Crippen LogP contribution in [0.1, 0.15) is 96.7 Å². The summed E-state index contributed by atoms with van der Waals surface area (Å²) in [5.41, 5.74) is 10.3. The highest BCUT2D eigenvalue weighted by Gasteiger charge is 2.40. The smallest absolute Gasteiger partial charge is 0.255 e. The second-order valence-electron chi connectivity index (χ2n) is 19.0. The molecule has 10 rings (SSSR count). The molecule has 3 fully saturated rings. The fourth-order valence-corrected chi connectivity index (χ4v) is 10.3. The summed E-state index contributed by atoms with van der Waals surface area (Å²) in [6, 6.07) is 23.5. The molecule has 0 saturated carbocycles. The van der Waals surface area contributed by atoms with Gasteiger partial charge in [0.1, 0.15) is 6.04 Å². The van der Waals surface area contributed by atoms with Crippen molar-refractivity contribution in [1.29, 1.82) is 0 Å². The Morgan fingerprint density at radius 2 is 1.47 bits per heavy atom. The van der Waals surface area contributed by atoms with E-state index in [-0.39, 0.29) is 24.1 Å². The van der Waals surface area contributed by atoms with E-state index in [1.807, 2.05) is 53.6 Å². The molecule has 1 unspecified atom stereocenters. The number of hydrogen-bond acceptors (Lipinski definition) is 10. The van der Waals surface area contributed by atoms with E-state index in [1.165, 1.54) is 0 Å². The van der Waals surface area contributed by atoms with Crippen molar-refractivity contribution in [1.82, 2.24) is 44.8 Å². The van der Waals surface area contributed by atoms with E-state index >= 15 is 0 Å².